The molecule has 1 heterocycles. The van der Waals surface area contributed by atoms with Gasteiger partial charge in [-0.15, -0.1) is 0 Å². The Kier molecular flexibility index (Phi) is 6.32. The third-order valence-corrected chi connectivity index (χ3v) is 5.45. The second-order valence-electron chi connectivity index (χ2n) is 8.18. The summed E-state index contributed by atoms with van der Waals surface area (Å²) in [5.74, 6) is 0.239. The summed E-state index contributed by atoms with van der Waals surface area (Å²) < 4.78 is 6.19. The normalized spacial score (nSPS) is 20.5. The number of allylic oxidation sites excluding steroid dienone is 3. The monoisotopic (exact) mass is 408 g/mol. The lowest BCUT2D eigenvalue weighted by atomic mass is 9.84. The maximum Gasteiger partial charge on any atom is 0.189 e. The molecule has 5 heteroatoms. The quantitative estimate of drug-likeness (QED) is 0.363. The van der Waals surface area contributed by atoms with Crippen LogP contribution in [0, 0.1) is 0 Å². The van der Waals surface area contributed by atoms with Crippen molar-refractivity contribution in [2.45, 2.75) is 51.7 Å². The number of carbonyl (C=O) groups is 1. The summed E-state index contributed by atoms with van der Waals surface area (Å²) >= 11 is 0. The van der Waals surface area contributed by atoms with E-state index in [2.05, 4.69) is 6.08 Å². The molecule has 0 spiro atoms. The molecule has 1 aliphatic heterocycles. The van der Waals surface area contributed by atoms with Crippen molar-refractivity contribution in [1.29, 1.82) is 0 Å². The van der Waals surface area contributed by atoms with Crippen LogP contribution in [-0.4, -0.2) is 32.8 Å². The van der Waals surface area contributed by atoms with E-state index < -0.39 is 11.7 Å². The van der Waals surface area contributed by atoms with E-state index in [1.807, 2.05) is 20.8 Å². The SMILES string of the molecule is CC(C)=CCC[C@@]1(C)Oc2c(C(=O)C=Cc3ccc(O)cc3)ccc(O)c2C[C@H]1O. The molecule has 0 saturated carbocycles. The average molecular weight is 408 g/mol. The number of aliphatic hydroxyl groups is 1. The Morgan fingerprint density at radius 1 is 1.17 bits per heavy atom. The first kappa shape index (κ1) is 21.7. The largest absolute Gasteiger partial charge is 0.508 e. The lowest BCUT2D eigenvalue weighted by Crippen LogP contribution is -2.49. The summed E-state index contributed by atoms with van der Waals surface area (Å²) in [5.41, 5.74) is 1.90. The summed E-state index contributed by atoms with van der Waals surface area (Å²) in [6, 6.07) is 9.52. The third kappa shape index (κ3) is 4.74. The molecule has 30 heavy (non-hydrogen) atoms. The zero-order valence-electron chi connectivity index (χ0n) is 17.6. The van der Waals surface area contributed by atoms with Gasteiger partial charge < -0.3 is 20.1 Å². The number of ketones is 1. The third-order valence-electron chi connectivity index (χ3n) is 5.45. The standard InChI is InChI=1S/C25H28O5/c1-16(2)5-4-14-25(3)23(29)15-20-22(28)13-11-19(24(20)30-25)21(27)12-8-17-6-9-18(26)10-7-17/h5-13,23,26,28-29H,4,14-15H2,1-3H3/t23-,25-/m1/s1. The number of ether oxygens (including phenoxy) is 1. The van der Waals surface area contributed by atoms with Crippen molar-refractivity contribution in [2.75, 3.05) is 0 Å². The van der Waals surface area contributed by atoms with Crippen LogP contribution >= 0.6 is 0 Å². The molecule has 3 N–H and O–H groups in total. The second kappa shape index (κ2) is 8.76. The fourth-order valence-corrected chi connectivity index (χ4v) is 3.55. The maximum absolute atomic E-state index is 12.9. The molecule has 158 valence electrons. The lowest BCUT2D eigenvalue weighted by Gasteiger charge is -2.40. The van der Waals surface area contributed by atoms with Crippen molar-refractivity contribution in [3.8, 4) is 17.2 Å². The van der Waals surface area contributed by atoms with Crippen LogP contribution < -0.4 is 4.74 Å². The molecule has 0 amide bonds. The van der Waals surface area contributed by atoms with E-state index in [9.17, 15) is 20.1 Å². The molecule has 0 aromatic heterocycles. The molecular weight excluding hydrogens is 380 g/mol. The Morgan fingerprint density at radius 2 is 1.87 bits per heavy atom. The van der Waals surface area contributed by atoms with Gasteiger partial charge in [0.1, 0.15) is 22.8 Å². The molecule has 0 unspecified atom stereocenters. The van der Waals surface area contributed by atoms with Gasteiger partial charge in [-0.05, 0) is 69.5 Å². The number of phenolic OH excluding ortho intramolecular Hbond substituents is 2. The number of hydrogen-bond acceptors (Lipinski definition) is 5. The number of aliphatic hydroxyl groups excluding tert-OH is 1. The Balaban J connectivity index is 1.89. The molecule has 0 saturated heterocycles. The number of hydrogen-bond donors (Lipinski definition) is 3. The second-order valence-corrected chi connectivity index (χ2v) is 8.18. The number of fused-ring (bicyclic) bond motifs is 1. The van der Waals surface area contributed by atoms with Gasteiger partial charge in [0, 0.05) is 12.0 Å². The van der Waals surface area contributed by atoms with Gasteiger partial charge in [-0.3, -0.25) is 4.79 Å². The number of phenols is 2. The van der Waals surface area contributed by atoms with E-state index in [1.165, 1.54) is 17.7 Å². The minimum Gasteiger partial charge on any atom is -0.508 e. The van der Waals surface area contributed by atoms with Gasteiger partial charge in [-0.2, -0.15) is 0 Å². The smallest absolute Gasteiger partial charge is 0.189 e. The summed E-state index contributed by atoms with van der Waals surface area (Å²) in [5, 5.41) is 30.3. The van der Waals surface area contributed by atoms with Crippen molar-refractivity contribution in [3.63, 3.8) is 0 Å². The highest BCUT2D eigenvalue weighted by molar-refractivity contribution is 6.09. The van der Waals surface area contributed by atoms with Crippen molar-refractivity contribution in [1.82, 2.24) is 0 Å². The highest BCUT2D eigenvalue weighted by Gasteiger charge is 2.41. The minimum atomic E-state index is -0.859. The van der Waals surface area contributed by atoms with Crippen LogP contribution in [0.3, 0.4) is 0 Å². The van der Waals surface area contributed by atoms with Crippen molar-refractivity contribution >= 4 is 11.9 Å². The lowest BCUT2D eigenvalue weighted by molar-refractivity contribution is -0.0595. The maximum atomic E-state index is 12.9. The number of benzene rings is 2. The zero-order chi connectivity index (χ0) is 21.9. The molecule has 0 fully saturated rings. The van der Waals surface area contributed by atoms with Crippen molar-refractivity contribution in [3.05, 3.63) is 70.8 Å². The van der Waals surface area contributed by atoms with Gasteiger partial charge >= 0.3 is 0 Å². The van der Waals surface area contributed by atoms with E-state index in [0.29, 0.717) is 23.3 Å². The predicted molar refractivity (Wildman–Crippen MR) is 117 cm³/mol. The highest BCUT2D eigenvalue weighted by atomic mass is 16.5. The molecular formula is C25H28O5. The van der Waals surface area contributed by atoms with Crippen LogP contribution in [0.2, 0.25) is 0 Å². The van der Waals surface area contributed by atoms with E-state index in [4.69, 9.17) is 4.74 Å². The summed E-state index contributed by atoms with van der Waals surface area (Å²) in [7, 11) is 0. The molecule has 5 nitrogen and oxygen atoms in total. The van der Waals surface area contributed by atoms with E-state index in [-0.39, 0.29) is 23.7 Å². The van der Waals surface area contributed by atoms with Gasteiger partial charge in [-0.1, -0.05) is 29.9 Å². The predicted octanol–water partition coefficient (Wildman–Crippen LogP) is 4.79. The molecule has 2 aromatic carbocycles. The molecule has 0 aliphatic carbocycles. The van der Waals surface area contributed by atoms with E-state index >= 15 is 0 Å². The minimum absolute atomic E-state index is 0.00876. The van der Waals surface area contributed by atoms with E-state index in [0.717, 1.165) is 12.0 Å². The molecule has 3 rings (SSSR count). The zero-order valence-corrected chi connectivity index (χ0v) is 17.6. The molecule has 1 aliphatic rings. The molecule has 2 atom stereocenters. The Morgan fingerprint density at radius 3 is 2.53 bits per heavy atom. The summed E-state index contributed by atoms with van der Waals surface area (Å²) in [6.45, 7) is 5.88. The molecule has 0 radical (unpaired) electrons. The van der Waals surface area contributed by atoms with Gasteiger partial charge in [0.05, 0.1) is 11.7 Å². The van der Waals surface area contributed by atoms with Crippen molar-refractivity contribution in [2.24, 2.45) is 0 Å². The Bertz CT molecular complexity index is 983. The van der Waals surface area contributed by atoms with E-state index in [1.54, 1.807) is 36.4 Å². The fraction of sp³-hybridized carbons (Fsp3) is 0.320. The first-order valence-corrected chi connectivity index (χ1v) is 10.1. The molecule has 2 aromatic rings. The first-order valence-electron chi connectivity index (χ1n) is 10.1. The van der Waals surface area contributed by atoms with Crippen LogP contribution in [0.25, 0.3) is 6.08 Å². The van der Waals surface area contributed by atoms with Crippen LogP contribution in [0.15, 0.2) is 54.1 Å². The average Bonchev–Trinajstić information content (AvgIpc) is 2.69. The van der Waals surface area contributed by atoms with Crippen molar-refractivity contribution < 1.29 is 24.9 Å². The fourth-order valence-electron chi connectivity index (χ4n) is 3.55. The number of aromatic hydroxyl groups is 2. The highest BCUT2D eigenvalue weighted by Crippen LogP contribution is 2.42. The first-order chi connectivity index (χ1) is 14.2. The van der Waals surface area contributed by atoms with Gasteiger partial charge in [0.25, 0.3) is 0 Å². The van der Waals surface area contributed by atoms with Gasteiger partial charge in [0.2, 0.25) is 0 Å². The summed E-state index contributed by atoms with van der Waals surface area (Å²) in [6.07, 6.45) is 5.95. The summed E-state index contributed by atoms with van der Waals surface area (Å²) in [4.78, 5) is 12.9. The van der Waals surface area contributed by atoms with Gasteiger partial charge in [0.15, 0.2) is 5.78 Å². The number of rotatable bonds is 6. The van der Waals surface area contributed by atoms with Crippen LogP contribution in [0.4, 0.5) is 0 Å². The van der Waals surface area contributed by atoms with Crippen LogP contribution in [0.1, 0.15) is 55.1 Å². The van der Waals surface area contributed by atoms with Crippen LogP contribution in [-0.2, 0) is 6.42 Å². The Hall–Kier alpha value is -3.05. The topological polar surface area (TPSA) is 87.0 Å². The Labute approximate surface area is 177 Å². The molecule has 0 bridgehead atoms. The van der Waals surface area contributed by atoms with Crippen LogP contribution in [0.5, 0.6) is 17.2 Å². The number of carbonyl (C=O) groups excluding carboxylic acids is 1. The van der Waals surface area contributed by atoms with Gasteiger partial charge in [-0.25, -0.2) is 0 Å².